The maximum atomic E-state index is 13.5. The second-order valence-electron chi connectivity index (χ2n) is 3.81. The molecule has 0 radical (unpaired) electrons. The van der Waals surface area contributed by atoms with Crippen LogP contribution in [-0.2, 0) is 17.1 Å². The molecule has 2 rings (SSSR count). The molecule has 2 aromatic rings. The second kappa shape index (κ2) is 4.50. The third-order valence-electron chi connectivity index (χ3n) is 2.31. The quantitative estimate of drug-likeness (QED) is 0.827. The van der Waals surface area contributed by atoms with Gasteiger partial charge in [-0.3, -0.25) is 9.40 Å². The fraction of sp³-hybridized carbons (Fsp3) is 0.100. The number of benzene rings is 1. The van der Waals surface area contributed by atoms with E-state index in [9.17, 15) is 17.2 Å². The van der Waals surface area contributed by atoms with Crippen LogP contribution in [0.4, 0.5) is 20.2 Å². The first kappa shape index (κ1) is 13.3. The van der Waals surface area contributed by atoms with Crippen molar-refractivity contribution in [2.45, 2.75) is 4.90 Å². The van der Waals surface area contributed by atoms with Crippen LogP contribution in [-0.4, -0.2) is 18.2 Å². The lowest BCUT2D eigenvalue weighted by Crippen LogP contribution is -2.15. The summed E-state index contributed by atoms with van der Waals surface area (Å²) in [4.78, 5) is -0.155. The van der Waals surface area contributed by atoms with E-state index in [0.717, 1.165) is 12.3 Å². The van der Waals surface area contributed by atoms with E-state index in [-0.39, 0.29) is 10.6 Å². The predicted octanol–water partition coefficient (Wildman–Crippen LogP) is 1.08. The minimum absolute atomic E-state index is 0.155. The van der Waals surface area contributed by atoms with Gasteiger partial charge in [-0.05, 0) is 6.07 Å². The van der Waals surface area contributed by atoms with Gasteiger partial charge in [-0.15, -0.1) is 0 Å². The average molecular weight is 288 g/mol. The molecule has 0 atom stereocenters. The van der Waals surface area contributed by atoms with Gasteiger partial charge in [0.25, 0.3) is 10.0 Å². The number of halogens is 2. The van der Waals surface area contributed by atoms with Crippen LogP contribution < -0.4 is 10.5 Å². The van der Waals surface area contributed by atoms with Gasteiger partial charge in [-0.1, -0.05) is 0 Å². The van der Waals surface area contributed by atoms with Crippen LogP contribution in [0.25, 0.3) is 0 Å². The number of aryl methyl sites for hydroxylation is 1. The lowest BCUT2D eigenvalue weighted by Gasteiger charge is -2.10. The van der Waals surface area contributed by atoms with Crippen molar-refractivity contribution < 1.29 is 17.2 Å². The molecule has 0 saturated heterocycles. The molecular formula is C10H10F2N4O2S. The SMILES string of the molecule is Cn1cc(S(=O)(=O)Nc2c(N)cc(F)cc2F)cn1. The first-order valence-electron chi connectivity index (χ1n) is 5.05. The average Bonchev–Trinajstić information content (AvgIpc) is 2.71. The summed E-state index contributed by atoms with van der Waals surface area (Å²) in [6.07, 6.45) is 2.33. The van der Waals surface area contributed by atoms with Crippen LogP contribution in [0.2, 0.25) is 0 Å². The molecule has 9 heteroatoms. The Kier molecular flexibility index (Phi) is 3.14. The molecule has 0 aliphatic heterocycles. The number of aromatic nitrogens is 2. The first-order valence-corrected chi connectivity index (χ1v) is 6.54. The van der Waals surface area contributed by atoms with E-state index in [1.165, 1.54) is 17.9 Å². The summed E-state index contributed by atoms with van der Waals surface area (Å²) in [6, 6.07) is 1.36. The van der Waals surface area contributed by atoms with E-state index in [1.54, 1.807) is 0 Å². The Hall–Kier alpha value is -2.16. The molecule has 0 aliphatic rings. The molecule has 6 nitrogen and oxygen atoms in total. The van der Waals surface area contributed by atoms with Gasteiger partial charge < -0.3 is 5.73 Å². The molecule has 102 valence electrons. The lowest BCUT2D eigenvalue weighted by atomic mass is 10.2. The fourth-order valence-corrected chi connectivity index (χ4v) is 2.51. The summed E-state index contributed by atoms with van der Waals surface area (Å²) in [5.74, 6) is -1.98. The first-order chi connectivity index (χ1) is 8.79. The van der Waals surface area contributed by atoms with E-state index in [0.29, 0.717) is 6.07 Å². The minimum Gasteiger partial charge on any atom is -0.397 e. The maximum absolute atomic E-state index is 13.5. The number of rotatable bonds is 3. The van der Waals surface area contributed by atoms with E-state index in [4.69, 9.17) is 5.73 Å². The topological polar surface area (TPSA) is 90.0 Å². The number of nitrogens with one attached hydrogen (secondary N) is 1. The summed E-state index contributed by atoms with van der Waals surface area (Å²) in [5.41, 5.74) is 4.55. The molecule has 1 aromatic heterocycles. The molecule has 0 unspecified atom stereocenters. The van der Waals surface area contributed by atoms with Gasteiger partial charge in [-0.2, -0.15) is 5.10 Å². The number of hydrogen-bond donors (Lipinski definition) is 2. The molecular weight excluding hydrogens is 278 g/mol. The fourth-order valence-electron chi connectivity index (χ4n) is 1.43. The zero-order valence-electron chi connectivity index (χ0n) is 9.76. The highest BCUT2D eigenvalue weighted by Gasteiger charge is 2.20. The van der Waals surface area contributed by atoms with Gasteiger partial charge in [0, 0.05) is 19.3 Å². The van der Waals surface area contributed by atoms with E-state index in [1.807, 2.05) is 4.72 Å². The molecule has 3 N–H and O–H groups in total. The van der Waals surface area contributed by atoms with Gasteiger partial charge in [0.2, 0.25) is 0 Å². The van der Waals surface area contributed by atoms with Crippen LogP contribution in [0, 0.1) is 11.6 Å². The highest BCUT2D eigenvalue weighted by molar-refractivity contribution is 7.92. The van der Waals surface area contributed by atoms with Gasteiger partial charge >= 0.3 is 0 Å². The zero-order chi connectivity index (χ0) is 14.2. The third-order valence-corrected chi connectivity index (χ3v) is 3.62. The molecule has 0 bridgehead atoms. The van der Waals surface area contributed by atoms with Crippen molar-refractivity contribution in [2.24, 2.45) is 7.05 Å². The van der Waals surface area contributed by atoms with Gasteiger partial charge in [0.05, 0.1) is 11.9 Å². The third kappa shape index (κ3) is 2.65. The summed E-state index contributed by atoms with van der Waals surface area (Å²) >= 11 is 0. The van der Waals surface area contributed by atoms with Gasteiger partial charge in [0.1, 0.15) is 16.4 Å². The number of nitrogens with two attached hydrogens (primary N) is 1. The highest BCUT2D eigenvalue weighted by atomic mass is 32.2. The highest BCUT2D eigenvalue weighted by Crippen LogP contribution is 2.26. The van der Waals surface area contributed by atoms with Crippen LogP contribution in [0.1, 0.15) is 0 Å². The normalized spacial score (nSPS) is 11.5. The van der Waals surface area contributed by atoms with Crippen molar-refractivity contribution in [3.8, 4) is 0 Å². The Labute approximate surface area is 107 Å². The van der Waals surface area contributed by atoms with Gasteiger partial charge in [0.15, 0.2) is 5.82 Å². The summed E-state index contributed by atoms with van der Waals surface area (Å²) in [7, 11) is -2.49. The largest absolute Gasteiger partial charge is 0.397 e. The molecule has 0 fully saturated rings. The minimum atomic E-state index is -4.03. The monoisotopic (exact) mass is 288 g/mol. The predicted molar refractivity (Wildman–Crippen MR) is 64.8 cm³/mol. The van der Waals surface area contributed by atoms with Crippen molar-refractivity contribution in [1.82, 2.24) is 9.78 Å². The lowest BCUT2D eigenvalue weighted by molar-refractivity contribution is 0.583. The smallest absolute Gasteiger partial charge is 0.265 e. The standard InChI is InChI=1S/C10H10F2N4O2S/c1-16-5-7(4-14-16)19(17,18)15-10-8(12)2-6(11)3-9(10)13/h2-5,15H,13H2,1H3. The maximum Gasteiger partial charge on any atom is 0.265 e. The number of nitrogen functional groups attached to an aromatic ring is 1. The van der Waals surface area contributed by atoms with E-state index in [2.05, 4.69) is 5.10 Å². The molecule has 0 saturated carbocycles. The number of sulfonamides is 1. The van der Waals surface area contributed by atoms with Crippen molar-refractivity contribution in [3.05, 3.63) is 36.2 Å². The van der Waals surface area contributed by atoms with Crippen LogP contribution >= 0.6 is 0 Å². The molecule has 19 heavy (non-hydrogen) atoms. The molecule has 1 aromatic carbocycles. The molecule has 0 aliphatic carbocycles. The van der Waals surface area contributed by atoms with E-state index < -0.39 is 27.3 Å². The Bertz CT molecular complexity index is 704. The van der Waals surface area contributed by atoms with Crippen molar-refractivity contribution in [3.63, 3.8) is 0 Å². The Morgan fingerprint density at radius 2 is 2.05 bits per heavy atom. The van der Waals surface area contributed by atoms with Crippen LogP contribution in [0.3, 0.4) is 0 Å². The van der Waals surface area contributed by atoms with Crippen molar-refractivity contribution in [2.75, 3.05) is 10.5 Å². The Morgan fingerprint density at radius 1 is 1.37 bits per heavy atom. The summed E-state index contributed by atoms with van der Waals surface area (Å²) in [6.45, 7) is 0. The number of anilines is 2. The zero-order valence-corrected chi connectivity index (χ0v) is 10.6. The van der Waals surface area contributed by atoms with E-state index >= 15 is 0 Å². The molecule has 0 spiro atoms. The van der Waals surface area contributed by atoms with Crippen LogP contribution in [0.5, 0.6) is 0 Å². The molecule has 1 heterocycles. The molecule has 0 amide bonds. The summed E-state index contributed by atoms with van der Waals surface area (Å²) < 4.78 is 53.4. The number of nitrogens with zero attached hydrogens (tertiary/aromatic N) is 2. The Balaban J connectivity index is 2.41. The van der Waals surface area contributed by atoms with Crippen LogP contribution in [0.15, 0.2) is 29.4 Å². The Morgan fingerprint density at radius 3 is 2.58 bits per heavy atom. The van der Waals surface area contributed by atoms with Gasteiger partial charge in [-0.25, -0.2) is 17.2 Å². The van der Waals surface area contributed by atoms with Crippen molar-refractivity contribution in [1.29, 1.82) is 0 Å². The second-order valence-corrected chi connectivity index (χ2v) is 5.49. The summed E-state index contributed by atoms with van der Waals surface area (Å²) in [5, 5.41) is 3.70. The van der Waals surface area contributed by atoms with Crippen molar-refractivity contribution >= 4 is 21.4 Å². The number of hydrogen-bond acceptors (Lipinski definition) is 4.